The molecule has 0 saturated carbocycles. The number of nitrogens with one attached hydrogen (secondary N) is 2. The Morgan fingerprint density at radius 3 is 2.93 bits per heavy atom. The standard InChI is InChI=1S/C20H34N4O4/c1-5-21-18(22-10-7-12-26-15-17-8-6-13-27-17)24-11-9-16(14-24)23-19(25)28-20(2,3)4/h6,8,13,16H,5,7,9-12,14-15H2,1-4H3,(H,21,22)(H,23,25)/t16-/m1/s1. The molecule has 2 heterocycles. The molecular formula is C20H34N4O4. The number of aliphatic imine (C=N–C) groups is 1. The van der Waals surface area contributed by atoms with Crippen LogP contribution in [0.25, 0.3) is 0 Å². The maximum atomic E-state index is 12.0. The smallest absolute Gasteiger partial charge is 0.407 e. The number of rotatable bonds is 8. The van der Waals surface area contributed by atoms with Gasteiger partial charge in [-0.2, -0.15) is 0 Å². The summed E-state index contributed by atoms with van der Waals surface area (Å²) >= 11 is 0. The molecule has 1 aromatic heterocycles. The number of carbonyl (C=O) groups is 1. The van der Waals surface area contributed by atoms with Gasteiger partial charge in [-0.05, 0) is 52.7 Å². The second-order valence-corrected chi connectivity index (χ2v) is 7.80. The third kappa shape index (κ3) is 8.21. The van der Waals surface area contributed by atoms with E-state index < -0.39 is 5.60 Å². The Labute approximate surface area is 167 Å². The van der Waals surface area contributed by atoms with E-state index in [-0.39, 0.29) is 12.1 Å². The Morgan fingerprint density at radius 1 is 1.43 bits per heavy atom. The minimum absolute atomic E-state index is 0.0651. The van der Waals surface area contributed by atoms with Gasteiger partial charge in [-0.25, -0.2) is 4.79 Å². The topological polar surface area (TPSA) is 88.3 Å². The number of hydrogen-bond donors (Lipinski definition) is 2. The van der Waals surface area contributed by atoms with Crippen LogP contribution in [-0.2, 0) is 16.1 Å². The Morgan fingerprint density at radius 2 is 2.25 bits per heavy atom. The van der Waals surface area contributed by atoms with Gasteiger partial charge in [0, 0.05) is 32.8 Å². The van der Waals surface area contributed by atoms with Crippen molar-refractivity contribution in [1.82, 2.24) is 15.5 Å². The van der Waals surface area contributed by atoms with Gasteiger partial charge in [-0.15, -0.1) is 0 Å². The summed E-state index contributed by atoms with van der Waals surface area (Å²) < 4.78 is 16.2. The number of hydrogen-bond acceptors (Lipinski definition) is 5. The van der Waals surface area contributed by atoms with E-state index in [9.17, 15) is 4.79 Å². The first-order valence-corrected chi connectivity index (χ1v) is 10.0. The van der Waals surface area contributed by atoms with E-state index in [1.807, 2.05) is 32.9 Å². The molecule has 8 nitrogen and oxygen atoms in total. The SMILES string of the molecule is CCNC(=NCCCOCc1ccco1)N1CC[C@@H](NC(=O)OC(C)(C)C)C1. The van der Waals surface area contributed by atoms with Crippen molar-refractivity contribution in [2.24, 2.45) is 4.99 Å². The van der Waals surface area contributed by atoms with Gasteiger partial charge in [0.2, 0.25) is 0 Å². The van der Waals surface area contributed by atoms with Gasteiger partial charge in [0.15, 0.2) is 5.96 Å². The third-order valence-corrected chi connectivity index (χ3v) is 4.08. The summed E-state index contributed by atoms with van der Waals surface area (Å²) in [5.74, 6) is 1.71. The minimum Gasteiger partial charge on any atom is -0.467 e. The molecule has 0 bridgehead atoms. The van der Waals surface area contributed by atoms with Crippen LogP contribution in [0.15, 0.2) is 27.8 Å². The number of guanidine groups is 1. The molecule has 0 radical (unpaired) electrons. The second-order valence-electron chi connectivity index (χ2n) is 7.80. The molecule has 0 spiro atoms. The fourth-order valence-electron chi connectivity index (χ4n) is 2.89. The second kappa shape index (κ2) is 10.9. The van der Waals surface area contributed by atoms with E-state index in [4.69, 9.17) is 13.9 Å². The quantitative estimate of drug-likeness (QED) is 0.400. The van der Waals surface area contributed by atoms with Crippen molar-refractivity contribution in [3.05, 3.63) is 24.2 Å². The van der Waals surface area contributed by atoms with E-state index in [1.165, 1.54) is 0 Å². The predicted octanol–water partition coefficient (Wildman–Crippen LogP) is 2.75. The van der Waals surface area contributed by atoms with Gasteiger partial charge in [-0.1, -0.05) is 0 Å². The molecule has 158 valence electrons. The maximum Gasteiger partial charge on any atom is 0.407 e. The summed E-state index contributed by atoms with van der Waals surface area (Å²) in [5, 5.41) is 6.27. The lowest BCUT2D eigenvalue weighted by Gasteiger charge is -2.23. The minimum atomic E-state index is -0.488. The van der Waals surface area contributed by atoms with E-state index in [0.717, 1.165) is 44.2 Å². The van der Waals surface area contributed by atoms with Gasteiger partial charge >= 0.3 is 6.09 Å². The molecule has 0 aliphatic carbocycles. The van der Waals surface area contributed by atoms with Gasteiger partial charge in [0.05, 0.1) is 12.3 Å². The Hall–Kier alpha value is -2.22. The molecule has 1 aliphatic heterocycles. The molecule has 1 amide bonds. The van der Waals surface area contributed by atoms with Crippen molar-refractivity contribution in [2.75, 3.05) is 32.8 Å². The predicted molar refractivity (Wildman–Crippen MR) is 108 cm³/mol. The van der Waals surface area contributed by atoms with Crippen molar-refractivity contribution in [1.29, 1.82) is 0 Å². The van der Waals surface area contributed by atoms with Crippen LogP contribution in [0, 0.1) is 0 Å². The Bertz CT molecular complexity index is 610. The summed E-state index contributed by atoms with van der Waals surface area (Å²) in [6, 6.07) is 3.82. The van der Waals surface area contributed by atoms with Crippen LogP contribution in [-0.4, -0.2) is 61.4 Å². The molecule has 28 heavy (non-hydrogen) atoms. The lowest BCUT2D eigenvalue weighted by atomic mass is 10.2. The van der Waals surface area contributed by atoms with Gasteiger partial charge in [-0.3, -0.25) is 4.99 Å². The van der Waals surface area contributed by atoms with E-state index in [2.05, 4.69) is 27.4 Å². The highest BCUT2D eigenvalue weighted by atomic mass is 16.6. The third-order valence-electron chi connectivity index (χ3n) is 4.08. The van der Waals surface area contributed by atoms with Crippen LogP contribution in [0.5, 0.6) is 0 Å². The van der Waals surface area contributed by atoms with Crippen LogP contribution in [0.2, 0.25) is 0 Å². The van der Waals surface area contributed by atoms with Crippen molar-refractivity contribution in [3.8, 4) is 0 Å². The van der Waals surface area contributed by atoms with E-state index in [0.29, 0.717) is 19.8 Å². The largest absolute Gasteiger partial charge is 0.467 e. The fourth-order valence-corrected chi connectivity index (χ4v) is 2.89. The van der Waals surface area contributed by atoms with Crippen LogP contribution >= 0.6 is 0 Å². The molecule has 1 atom stereocenters. The zero-order chi connectivity index (χ0) is 20.4. The fraction of sp³-hybridized carbons (Fsp3) is 0.700. The van der Waals surface area contributed by atoms with Crippen molar-refractivity contribution in [2.45, 2.75) is 58.8 Å². The highest BCUT2D eigenvalue weighted by Gasteiger charge is 2.27. The maximum absolute atomic E-state index is 12.0. The van der Waals surface area contributed by atoms with Crippen molar-refractivity contribution >= 4 is 12.1 Å². The first-order chi connectivity index (χ1) is 13.4. The lowest BCUT2D eigenvalue weighted by molar-refractivity contribution is 0.0507. The number of ether oxygens (including phenoxy) is 2. The monoisotopic (exact) mass is 394 g/mol. The molecule has 2 N–H and O–H groups in total. The van der Waals surface area contributed by atoms with Gasteiger partial charge in [0.1, 0.15) is 18.0 Å². The Kier molecular flexibility index (Phi) is 8.63. The zero-order valence-electron chi connectivity index (χ0n) is 17.5. The van der Waals surface area contributed by atoms with Gasteiger partial charge < -0.3 is 29.4 Å². The van der Waals surface area contributed by atoms with E-state index in [1.54, 1.807) is 6.26 Å². The number of alkyl carbamates (subject to hydrolysis) is 1. The highest BCUT2D eigenvalue weighted by Crippen LogP contribution is 2.12. The zero-order valence-corrected chi connectivity index (χ0v) is 17.5. The first-order valence-electron chi connectivity index (χ1n) is 10.0. The van der Waals surface area contributed by atoms with Crippen LogP contribution in [0.1, 0.15) is 46.3 Å². The average molecular weight is 395 g/mol. The van der Waals surface area contributed by atoms with Crippen molar-refractivity contribution < 1.29 is 18.7 Å². The van der Waals surface area contributed by atoms with Crippen LogP contribution < -0.4 is 10.6 Å². The number of carbonyl (C=O) groups excluding carboxylic acids is 1. The number of furan rings is 1. The molecule has 8 heteroatoms. The number of amides is 1. The molecule has 0 aromatic carbocycles. The summed E-state index contributed by atoms with van der Waals surface area (Å²) in [4.78, 5) is 18.8. The number of nitrogens with zero attached hydrogens (tertiary/aromatic N) is 2. The molecule has 1 aliphatic rings. The van der Waals surface area contributed by atoms with Gasteiger partial charge in [0.25, 0.3) is 0 Å². The summed E-state index contributed by atoms with van der Waals surface area (Å²) in [6.45, 7) is 11.8. The van der Waals surface area contributed by atoms with Crippen LogP contribution in [0.3, 0.4) is 0 Å². The summed E-state index contributed by atoms with van der Waals surface area (Å²) in [6.07, 6.45) is 2.99. The molecule has 1 saturated heterocycles. The van der Waals surface area contributed by atoms with E-state index >= 15 is 0 Å². The highest BCUT2D eigenvalue weighted by molar-refractivity contribution is 5.80. The number of likely N-dealkylation sites (tertiary alicyclic amines) is 1. The van der Waals surface area contributed by atoms with Crippen LogP contribution in [0.4, 0.5) is 4.79 Å². The molecule has 1 fully saturated rings. The first kappa shape index (κ1) is 22.1. The summed E-state index contributed by atoms with van der Waals surface area (Å²) in [5.41, 5.74) is -0.488. The average Bonchev–Trinajstić information content (AvgIpc) is 3.27. The Balaban J connectivity index is 1.71. The molecule has 1 aromatic rings. The van der Waals surface area contributed by atoms with Crippen molar-refractivity contribution in [3.63, 3.8) is 0 Å². The lowest BCUT2D eigenvalue weighted by Crippen LogP contribution is -2.44. The molecule has 0 unspecified atom stereocenters. The summed E-state index contributed by atoms with van der Waals surface area (Å²) in [7, 11) is 0. The normalized spacial score (nSPS) is 17.6. The molecule has 2 rings (SSSR count). The molecular weight excluding hydrogens is 360 g/mol.